The van der Waals surface area contributed by atoms with Gasteiger partial charge in [-0.3, -0.25) is 4.79 Å². The topological polar surface area (TPSA) is 64.3 Å². The van der Waals surface area contributed by atoms with E-state index in [1.54, 1.807) is 0 Å². The monoisotopic (exact) mass is 236 g/mol. The quantitative estimate of drug-likeness (QED) is 0.842. The van der Waals surface area contributed by atoms with Crippen LogP contribution in [0.1, 0.15) is 27.2 Å². The summed E-state index contributed by atoms with van der Waals surface area (Å²) in [5, 5.41) is 2.76. The van der Waals surface area contributed by atoms with Crippen LogP contribution in [0.3, 0.4) is 0 Å². The predicted octanol–water partition coefficient (Wildman–Crippen LogP) is 2.15. The van der Waals surface area contributed by atoms with Crippen LogP contribution in [-0.2, 0) is 4.79 Å². The fourth-order valence-electron chi connectivity index (χ4n) is 1.31. The normalized spacial score (nSPS) is 11.1. The van der Waals surface area contributed by atoms with Gasteiger partial charge in [0.25, 0.3) is 0 Å². The zero-order valence-electron chi connectivity index (χ0n) is 10.6. The van der Waals surface area contributed by atoms with Crippen molar-refractivity contribution in [1.29, 1.82) is 0 Å². The Morgan fingerprint density at radius 1 is 1.29 bits per heavy atom. The van der Waals surface area contributed by atoms with Gasteiger partial charge in [-0.2, -0.15) is 0 Å². The maximum Gasteiger partial charge on any atom is 0.225 e. The summed E-state index contributed by atoms with van der Waals surface area (Å²) in [6.07, 6.45) is 0.334. The molecule has 0 spiro atoms. The second kappa shape index (κ2) is 5.68. The van der Waals surface area contributed by atoms with Gasteiger partial charge in [0.2, 0.25) is 5.91 Å². The van der Waals surface area contributed by atoms with E-state index in [1.807, 2.05) is 45.0 Å². The number of carbonyl (C=O) groups excluding carboxylic acids is 1. The van der Waals surface area contributed by atoms with Crippen LogP contribution in [0.15, 0.2) is 24.3 Å². The number of nitrogens with one attached hydrogen (secondary N) is 1. The van der Waals surface area contributed by atoms with Crippen molar-refractivity contribution in [3.8, 4) is 5.75 Å². The molecule has 1 aromatic rings. The van der Waals surface area contributed by atoms with Crippen molar-refractivity contribution >= 4 is 11.6 Å². The van der Waals surface area contributed by atoms with Gasteiger partial charge in [-0.1, -0.05) is 0 Å². The van der Waals surface area contributed by atoms with Gasteiger partial charge in [-0.25, -0.2) is 0 Å². The Hall–Kier alpha value is -1.55. The van der Waals surface area contributed by atoms with E-state index in [2.05, 4.69) is 5.32 Å². The van der Waals surface area contributed by atoms with Crippen molar-refractivity contribution in [2.45, 2.75) is 32.8 Å². The van der Waals surface area contributed by atoms with E-state index < -0.39 is 0 Å². The Morgan fingerprint density at radius 2 is 1.88 bits per heavy atom. The fourth-order valence-corrected chi connectivity index (χ4v) is 1.31. The van der Waals surface area contributed by atoms with Crippen molar-refractivity contribution in [1.82, 2.24) is 0 Å². The summed E-state index contributed by atoms with van der Waals surface area (Å²) in [4.78, 5) is 11.3. The molecule has 0 aliphatic rings. The average Bonchev–Trinajstić information content (AvgIpc) is 2.19. The molecule has 1 aromatic carbocycles. The molecule has 0 saturated heterocycles. The number of rotatable bonds is 4. The summed E-state index contributed by atoms with van der Waals surface area (Å²) in [6, 6.07) is 7.30. The van der Waals surface area contributed by atoms with Crippen LogP contribution in [-0.4, -0.2) is 18.1 Å². The molecule has 17 heavy (non-hydrogen) atoms. The van der Waals surface area contributed by atoms with E-state index in [9.17, 15) is 4.79 Å². The van der Waals surface area contributed by atoms with E-state index in [0.29, 0.717) is 13.0 Å². The van der Waals surface area contributed by atoms with Crippen molar-refractivity contribution < 1.29 is 9.53 Å². The Labute approximate surface area is 102 Å². The molecule has 0 saturated carbocycles. The molecule has 0 aromatic heterocycles. The number of hydrogen-bond donors (Lipinski definition) is 2. The summed E-state index contributed by atoms with van der Waals surface area (Å²) in [7, 11) is 0. The standard InChI is InChI=1S/C13H20N2O2/c1-13(2,3)17-11-6-4-10(5-7-11)15-12(16)8-9-14/h4-7H,8-9,14H2,1-3H3,(H,15,16). The van der Waals surface area contributed by atoms with Gasteiger partial charge < -0.3 is 15.8 Å². The summed E-state index contributed by atoms with van der Waals surface area (Å²) in [6.45, 7) is 6.33. The Bertz CT molecular complexity index is 366. The van der Waals surface area contributed by atoms with E-state index in [0.717, 1.165) is 11.4 Å². The van der Waals surface area contributed by atoms with Crippen LogP contribution in [0.4, 0.5) is 5.69 Å². The lowest BCUT2D eigenvalue weighted by atomic mass is 10.2. The third-order valence-electron chi connectivity index (χ3n) is 1.93. The highest BCUT2D eigenvalue weighted by Gasteiger charge is 2.11. The van der Waals surface area contributed by atoms with Crippen LogP contribution in [0, 0.1) is 0 Å². The van der Waals surface area contributed by atoms with Crippen LogP contribution in [0.2, 0.25) is 0 Å². The third-order valence-corrected chi connectivity index (χ3v) is 1.93. The lowest BCUT2D eigenvalue weighted by molar-refractivity contribution is -0.116. The van der Waals surface area contributed by atoms with E-state index in [1.165, 1.54) is 0 Å². The minimum atomic E-state index is -0.218. The second-order valence-electron chi connectivity index (χ2n) is 4.83. The highest BCUT2D eigenvalue weighted by Crippen LogP contribution is 2.20. The predicted molar refractivity (Wildman–Crippen MR) is 69.1 cm³/mol. The lowest BCUT2D eigenvalue weighted by Crippen LogP contribution is -2.22. The van der Waals surface area contributed by atoms with Crippen molar-refractivity contribution in [2.75, 3.05) is 11.9 Å². The second-order valence-corrected chi connectivity index (χ2v) is 4.83. The molecule has 0 unspecified atom stereocenters. The molecule has 0 heterocycles. The van der Waals surface area contributed by atoms with Gasteiger partial charge in [0.15, 0.2) is 0 Å². The number of amides is 1. The maximum atomic E-state index is 11.3. The molecule has 1 amide bonds. The van der Waals surface area contributed by atoms with E-state index in [-0.39, 0.29) is 11.5 Å². The molecule has 3 N–H and O–H groups in total. The first-order chi connectivity index (χ1) is 7.90. The van der Waals surface area contributed by atoms with Crippen molar-refractivity contribution in [3.05, 3.63) is 24.3 Å². The van der Waals surface area contributed by atoms with Gasteiger partial charge in [-0.05, 0) is 45.0 Å². The molecule has 0 radical (unpaired) electrons. The molecule has 0 aliphatic heterocycles. The molecule has 0 fully saturated rings. The van der Waals surface area contributed by atoms with Crippen LogP contribution < -0.4 is 15.8 Å². The summed E-state index contributed by atoms with van der Waals surface area (Å²) in [5.41, 5.74) is 5.83. The first-order valence-corrected chi connectivity index (χ1v) is 5.70. The van der Waals surface area contributed by atoms with Gasteiger partial charge in [0, 0.05) is 18.7 Å². The Balaban J connectivity index is 2.59. The summed E-state index contributed by atoms with van der Waals surface area (Å²) in [5.74, 6) is 0.714. The third kappa shape index (κ3) is 5.36. The number of nitrogens with two attached hydrogens (primary N) is 1. The summed E-state index contributed by atoms with van der Waals surface area (Å²) >= 11 is 0. The van der Waals surface area contributed by atoms with Crippen LogP contribution >= 0.6 is 0 Å². The van der Waals surface area contributed by atoms with Gasteiger partial charge >= 0.3 is 0 Å². The zero-order valence-corrected chi connectivity index (χ0v) is 10.6. The largest absolute Gasteiger partial charge is 0.488 e. The van der Waals surface area contributed by atoms with Crippen LogP contribution in [0.25, 0.3) is 0 Å². The van der Waals surface area contributed by atoms with Crippen molar-refractivity contribution in [2.24, 2.45) is 5.73 Å². The molecule has 4 nitrogen and oxygen atoms in total. The lowest BCUT2D eigenvalue weighted by Gasteiger charge is -2.21. The smallest absolute Gasteiger partial charge is 0.225 e. The first-order valence-electron chi connectivity index (χ1n) is 5.70. The molecular formula is C13H20N2O2. The average molecular weight is 236 g/mol. The maximum absolute atomic E-state index is 11.3. The van der Waals surface area contributed by atoms with Crippen LogP contribution in [0.5, 0.6) is 5.75 Å². The van der Waals surface area contributed by atoms with E-state index >= 15 is 0 Å². The number of hydrogen-bond acceptors (Lipinski definition) is 3. The van der Waals surface area contributed by atoms with E-state index in [4.69, 9.17) is 10.5 Å². The minimum absolute atomic E-state index is 0.0722. The highest BCUT2D eigenvalue weighted by atomic mass is 16.5. The summed E-state index contributed by atoms with van der Waals surface area (Å²) < 4.78 is 5.68. The Kier molecular flexibility index (Phi) is 4.52. The molecule has 0 aliphatic carbocycles. The number of benzene rings is 1. The minimum Gasteiger partial charge on any atom is -0.488 e. The van der Waals surface area contributed by atoms with Gasteiger partial charge in [0.05, 0.1) is 0 Å². The molecule has 94 valence electrons. The number of ether oxygens (including phenoxy) is 1. The van der Waals surface area contributed by atoms with Gasteiger partial charge in [0.1, 0.15) is 11.4 Å². The number of anilines is 1. The van der Waals surface area contributed by atoms with Gasteiger partial charge in [-0.15, -0.1) is 0 Å². The Morgan fingerprint density at radius 3 is 2.35 bits per heavy atom. The molecule has 0 atom stereocenters. The molecule has 1 rings (SSSR count). The SMILES string of the molecule is CC(C)(C)Oc1ccc(NC(=O)CCN)cc1. The molecule has 0 bridgehead atoms. The van der Waals surface area contributed by atoms with Crippen molar-refractivity contribution in [3.63, 3.8) is 0 Å². The number of carbonyl (C=O) groups is 1. The molecular weight excluding hydrogens is 216 g/mol. The zero-order chi connectivity index (χ0) is 12.9. The fraction of sp³-hybridized carbons (Fsp3) is 0.462. The first kappa shape index (κ1) is 13.5. The highest BCUT2D eigenvalue weighted by molar-refractivity contribution is 5.90. The molecule has 4 heteroatoms.